The van der Waals surface area contributed by atoms with E-state index in [0.717, 1.165) is 11.3 Å². The Bertz CT molecular complexity index is 365. The van der Waals surface area contributed by atoms with Crippen molar-refractivity contribution in [2.45, 2.75) is 19.4 Å². The Kier molecular flexibility index (Phi) is 6.18. The molecule has 0 aliphatic carbocycles. The van der Waals surface area contributed by atoms with Gasteiger partial charge in [0.15, 0.2) is 0 Å². The van der Waals surface area contributed by atoms with Crippen LogP contribution in [0.1, 0.15) is 18.4 Å². The zero-order chi connectivity index (χ0) is 13.4. The molecule has 1 atom stereocenters. The Balaban J connectivity index is 2.21. The van der Waals surface area contributed by atoms with E-state index in [1.165, 1.54) is 0 Å². The Morgan fingerprint density at radius 3 is 2.56 bits per heavy atom. The SMILES string of the molecule is NCC(CCOCc1ccc(N)cc1)CC(=O)O. The number of aliphatic carboxylic acids is 1. The lowest BCUT2D eigenvalue weighted by molar-refractivity contribution is -0.138. The lowest BCUT2D eigenvalue weighted by atomic mass is 10.0. The molecule has 0 aromatic heterocycles. The highest BCUT2D eigenvalue weighted by Gasteiger charge is 2.10. The van der Waals surface area contributed by atoms with Crippen molar-refractivity contribution in [3.63, 3.8) is 0 Å². The molecule has 1 aromatic rings. The number of carboxylic acid groups (broad SMARTS) is 1. The third-order valence-corrected chi connectivity index (χ3v) is 2.72. The first kappa shape index (κ1) is 14.5. The van der Waals surface area contributed by atoms with Crippen LogP contribution in [0.25, 0.3) is 0 Å². The zero-order valence-electron chi connectivity index (χ0n) is 10.3. The van der Waals surface area contributed by atoms with Gasteiger partial charge in [-0.05, 0) is 36.6 Å². The number of benzene rings is 1. The Morgan fingerprint density at radius 2 is 2.00 bits per heavy atom. The topological polar surface area (TPSA) is 98.6 Å². The molecular weight excluding hydrogens is 232 g/mol. The van der Waals surface area contributed by atoms with Gasteiger partial charge in [-0.2, -0.15) is 0 Å². The number of carbonyl (C=O) groups is 1. The first-order valence-corrected chi connectivity index (χ1v) is 5.96. The van der Waals surface area contributed by atoms with Crippen LogP contribution in [0.4, 0.5) is 5.69 Å². The first-order valence-electron chi connectivity index (χ1n) is 5.96. The molecule has 5 heteroatoms. The fraction of sp³-hybridized carbons (Fsp3) is 0.462. The van der Waals surface area contributed by atoms with Crippen molar-refractivity contribution in [3.8, 4) is 0 Å². The van der Waals surface area contributed by atoms with Gasteiger partial charge in [0.2, 0.25) is 0 Å². The third kappa shape index (κ3) is 5.65. The van der Waals surface area contributed by atoms with Gasteiger partial charge in [0.1, 0.15) is 0 Å². The number of nitrogen functional groups attached to an aromatic ring is 1. The molecule has 1 unspecified atom stereocenters. The van der Waals surface area contributed by atoms with Gasteiger partial charge in [-0.1, -0.05) is 12.1 Å². The summed E-state index contributed by atoms with van der Waals surface area (Å²) in [5.41, 5.74) is 12.8. The highest BCUT2D eigenvalue weighted by atomic mass is 16.5. The second kappa shape index (κ2) is 7.68. The number of ether oxygens (including phenoxy) is 1. The minimum absolute atomic E-state index is 0.0195. The van der Waals surface area contributed by atoms with Gasteiger partial charge >= 0.3 is 5.97 Å². The molecule has 0 fully saturated rings. The van der Waals surface area contributed by atoms with Crippen LogP contribution in [0.2, 0.25) is 0 Å². The van der Waals surface area contributed by atoms with Crippen LogP contribution in [0.15, 0.2) is 24.3 Å². The fourth-order valence-corrected chi connectivity index (χ4v) is 1.60. The van der Waals surface area contributed by atoms with Gasteiger partial charge in [-0.15, -0.1) is 0 Å². The number of carboxylic acids is 1. The summed E-state index contributed by atoms with van der Waals surface area (Å²) < 4.78 is 5.48. The Labute approximate surface area is 107 Å². The van der Waals surface area contributed by atoms with Gasteiger partial charge in [0.25, 0.3) is 0 Å². The predicted molar refractivity (Wildman–Crippen MR) is 69.9 cm³/mol. The molecule has 1 rings (SSSR count). The highest BCUT2D eigenvalue weighted by molar-refractivity contribution is 5.67. The van der Waals surface area contributed by atoms with Crippen molar-refractivity contribution < 1.29 is 14.6 Å². The summed E-state index contributed by atoms with van der Waals surface area (Å²) in [4.78, 5) is 10.5. The van der Waals surface area contributed by atoms with Crippen LogP contribution in [-0.4, -0.2) is 24.2 Å². The van der Waals surface area contributed by atoms with Crippen LogP contribution in [-0.2, 0) is 16.1 Å². The van der Waals surface area contributed by atoms with Crippen molar-refractivity contribution in [1.82, 2.24) is 0 Å². The van der Waals surface area contributed by atoms with Gasteiger partial charge < -0.3 is 21.3 Å². The fourth-order valence-electron chi connectivity index (χ4n) is 1.60. The molecule has 0 aliphatic rings. The van der Waals surface area contributed by atoms with Crippen LogP contribution in [0.5, 0.6) is 0 Å². The second-order valence-electron chi connectivity index (χ2n) is 4.28. The van der Waals surface area contributed by atoms with Crippen molar-refractivity contribution in [2.24, 2.45) is 11.7 Å². The van der Waals surface area contributed by atoms with Crippen LogP contribution in [0, 0.1) is 5.92 Å². The molecule has 0 spiro atoms. The van der Waals surface area contributed by atoms with Crippen LogP contribution < -0.4 is 11.5 Å². The summed E-state index contributed by atoms with van der Waals surface area (Å²) in [5, 5.41) is 8.67. The van der Waals surface area contributed by atoms with E-state index in [0.29, 0.717) is 26.2 Å². The van der Waals surface area contributed by atoms with Gasteiger partial charge in [0.05, 0.1) is 6.61 Å². The lowest BCUT2D eigenvalue weighted by Gasteiger charge is -2.12. The summed E-state index contributed by atoms with van der Waals surface area (Å²) in [6.07, 6.45) is 0.763. The maximum absolute atomic E-state index is 10.5. The number of hydrogen-bond donors (Lipinski definition) is 3. The Morgan fingerprint density at radius 1 is 1.33 bits per heavy atom. The third-order valence-electron chi connectivity index (χ3n) is 2.72. The van der Waals surface area contributed by atoms with E-state index in [2.05, 4.69) is 0 Å². The highest BCUT2D eigenvalue weighted by Crippen LogP contribution is 2.10. The molecule has 18 heavy (non-hydrogen) atoms. The smallest absolute Gasteiger partial charge is 0.303 e. The van der Waals surface area contributed by atoms with Crippen molar-refractivity contribution in [2.75, 3.05) is 18.9 Å². The molecule has 1 aromatic carbocycles. The summed E-state index contributed by atoms with van der Waals surface area (Å²) >= 11 is 0. The number of anilines is 1. The average molecular weight is 252 g/mol. The minimum Gasteiger partial charge on any atom is -0.481 e. The molecule has 0 heterocycles. The number of hydrogen-bond acceptors (Lipinski definition) is 4. The monoisotopic (exact) mass is 252 g/mol. The molecule has 0 saturated carbocycles. The van der Waals surface area contributed by atoms with Gasteiger partial charge in [-0.25, -0.2) is 0 Å². The average Bonchev–Trinajstić information content (AvgIpc) is 2.34. The van der Waals surface area contributed by atoms with E-state index < -0.39 is 5.97 Å². The molecular formula is C13H20N2O3. The van der Waals surface area contributed by atoms with Crippen molar-refractivity contribution in [1.29, 1.82) is 0 Å². The molecule has 5 N–H and O–H groups in total. The quantitative estimate of drug-likeness (QED) is 0.477. The van der Waals surface area contributed by atoms with E-state index >= 15 is 0 Å². The van der Waals surface area contributed by atoms with E-state index in [1.807, 2.05) is 24.3 Å². The molecule has 100 valence electrons. The van der Waals surface area contributed by atoms with Crippen molar-refractivity contribution in [3.05, 3.63) is 29.8 Å². The molecule has 0 saturated heterocycles. The maximum atomic E-state index is 10.5. The standard InChI is InChI=1S/C13H20N2O3/c14-8-11(7-13(16)17)5-6-18-9-10-1-3-12(15)4-2-10/h1-4,11H,5-9,14-15H2,(H,16,17). The zero-order valence-corrected chi connectivity index (χ0v) is 10.3. The van der Waals surface area contributed by atoms with Crippen molar-refractivity contribution >= 4 is 11.7 Å². The number of nitrogens with two attached hydrogens (primary N) is 2. The van der Waals surface area contributed by atoms with Gasteiger partial charge in [-0.3, -0.25) is 4.79 Å². The molecule has 5 nitrogen and oxygen atoms in total. The lowest BCUT2D eigenvalue weighted by Crippen LogP contribution is -2.19. The predicted octanol–water partition coefficient (Wildman–Crippen LogP) is 1.23. The largest absolute Gasteiger partial charge is 0.481 e. The molecule has 0 aliphatic heterocycles. The summed E-state index contributed by atoms with van der Waals surface area (Å²) in [5.74, 6) is -0.835. The van der Waals surface area contributed by atoms with E-state index in [-0.39, 0.29) is 12.3 Å². The summed E-state index contributed by atoms with van der Waals surface area (Å²) in [6.45, 7) is 1.39. The van der Waals surface area contributed by atoms with Crippen LogP contribution in [0.3, 0.4) is 0 Å². The molecule has 0 radical (unpaired) electrons. The summed E-state index contributed by atoms with van der Waals surface area (Å²) in [7, 11) is 0. The van der Waals surface area contributed by atoms with E-state index in [1.54, 1.807) is 0 Å². The first-order chi connectivity index (χ1) is 8.61. The van der Waals surface area contributed by atoms with E-state index in [9.17, 15) is 4.79 Å². The van der Waals surface area contributed by atoms with E-state index in [4.69, 9.17) is 21.3 Å². The normalized spacial score (nSPS) is 12.3. The maximum Gasteiger partial charge on any atom is 0.303 e. The van der Waals surface area contributed by atoms with Gasteiger partial charge in [0, 0.05) is 18.7 Å². The minimum atomic E-state index is -0.816. The Hall–Kier alpha value is -1.59. The molecule has 0 amide bonds. The number of rotatable bonds is 8. The molecule has 0 bridgehead atoms. The second-order valence-corrected chi connectivity index (χ2v) is 4.28. The summed E-state index contributed by atoms with van der Waals surface area (Å²) in [6, 6.07) is 7.47. The van der Waals surface area contributed by atoms with Crippen LogP contribution >= 0.6 is 0 Å².